The average Bonchev–Trinajstić information content (AvgIpc) is 2.59. The van der Waals surface area contributed by atoms with Gasteiger partial charge in [0, 0.05) is 5.41 Å². The van der Waals surface area contributed by atoms with Gasteiger partial charge < -0.3 is 0 Å². The number of nitrogens with zero attached hydrogens (tertiary/aromatic N) is 1. The van der Waals surface area contributed by atoms with Crippen LogP contribution in [0.4, 0.5) is 0 Å². The summed E-state index contributed by atoms with van der Waals surface area (Å²) in [6.07, 6.45) is 13.2. The second-order valence-corrected chi connectivity index (χ2v) is 7.16. The Balaban J connectivity index is 2.09. The molecule has 0 bridgehead atoms. The zero-order chi connectivity index (χ0) is 17.5. The highest BCUT2D eigenvalue weighted by molar-refractivity contribution is 8.02. The summed E-state index contributed by atoms with van der Waals surface area (Å²) in [5.74, 6) is 0.959. The predicted octanol–water partition coefficient (Wildman–Crippen LogP) is 6.92. The van der Waals surface area contributed by atoms with E-state index in [-0.39, 0.29) is 10.6 Å². The Kier molecular flexibility index (Phi) is 12.2. The molecule has 0 atom stereocenters. The van der Waals surface area contributed by atoms with Crippen molar-refractivity contribution >= 4 is 17.5 Å². The van der Waals surface area contributed by atoms with Crippen LogP contribution in [0, 0.1) is 10.1 Å². The molecule has 0 aliphatic heterocycles. The third-order valence-electron chi connectivity index (χ3n) is 4.08. The van der Waals surface area contributed by atoms with Gasteiger partial charge in [0.15, 0.2) is 0 Å². The molecule has 0 aliphatic rings. The second kappa shape index (κ2) is 14.1. The molecule has 4 heteroatoms. The number of unbranched alkanes of at least 4 members (excludes halogenated alkanes) is 9. The van der Waals surface area contributed by atoms with Crippen LogP contribution in [0.3, 0.4) is 0 Å². The molecule has 1 aromatic carbocycles. The quantitative estimate of drug-likeness (QED) is 0.208. The number of hydrogen-bond acceptors (Lipinski definition) is 3. The van der Waals surface area contributed by atoms with Gasteiger partial charge in [0.05, 0.1) is 10.5 Å². The highest BCUT2D eigenvalue weighted by Crippen LogP contribution is 2.20. The smallest absolute Gasteiger partial charge is 0.258 e. The molecule has 0 amide bonds. The first-order valence-electron chi connectivity index (χ1n) is 9.27. The summed E-state index contributed by atoms with van der Waals surface area (Å²) < 4.78 is 0. The molecule has 0 fully saturated rings. The van der Waals surface area contributed by atoms with Crippen molar-refractivity contribution < 1.29 is 4.92 Å². The molecule has 0 spiro atoms. The lowest BCUT2D eigenvalue weighted by Crippen LogP contribution is -1.97. The van der Waals surface area contributed by atoms with Crippen molar-refractivity contribution in [1.29, 1.82) is 0 Å². The van der Waals surface area contributed by atoms with Gasteiger partial charge in [0.25, 0.3) is 5.70 Å². The average molecular weight is 350 g/mol. The van der Waals surface area contributed by atoms with Crippen molar-refractivity contribution in [1.82, 2.24) is 0 Å². The van der Waals surface area contributed by atoms with E-state index < -0.39 is 0 Å². The Morgan fingerprint density at radius 1 is 0.958 bits per heavy atom. The van der Waals surface area contributed by atoms with Gasteiger partial charge >= 0.3 is 0 Å². The molecule has 0 saturated heterocycles. The zero-order valence-electron chi connectivity index (χ0n) is 14.9. The number of hydrogen-bond donors (Lipinski definition) is 0. The van der Waals surface area contributed by atoms with Crippen LogP contribution in [-0.4, -0.2) is 10.7 Å². The number of nitro groups is 1. The van der Waals surface area contributed by atoms with E-state index in [2.05, 4.69) is 6.92 Å². The minimum absolute atomic E-state index is 0.202. The molecule has 0 saturated carbocycles. The highest BCUT2D eigenvalue weighted by Gasteiger charge is 2.12. The lowest BCUT2D eigenvalue weighted by molar-refractivity contribution is -0.375. The molecule has 1 aromatic rings. The van der Waals surface area contributed by atoms with Crippen LogP contribution in [0.15, 0.2) is 35.7 Å². The van der Waals surface area contributed by atoms with Gasteiger partial charge in [0.1, 0.15) is 0 Å². The van der Waals surface area contributed by atoms with Crippen molar-refractivity contribution in [2.45, 2.75) is 71.1 Å². The van der Waals surface area contributed by atoms with Gasteiger partial charge in [-0.15, -0.1) is 11.8 Å². The second-order valence-electron chi connectivity index (χ2n) is 6.18. The fraction of sp³-hybridized carbons (Fsp3) is 0.600. The van der Waals surface area contributed by atoms with Crippen molar-refractivity contribution in [2.75, 3.05) is 5.75 Å². The molecule has 0 aliphatic carbocycles. The summed E-state index contributed by atoms with van der Waals surface area (Å²) in [6, 6.07) is 9.11. The number of benzene rings is 1. The first-order chi connectivity index (χ1) is 11.8. The SMILES string of the molecule is CCCCCCCCCCCCSC=C(c1ccccc1)[N+](=O)[O-]. The lowest BCUT2D eigenvalue weighted by Gasteiger charge is -2.02. The van der Waals surface area contributed by atoms with Gasteiger partial charge in [-0.2, -0.15) is 0 Å². The van der Waals surface area contributed by atoms with Crippen molar-refractivity contribution in [2.24, 2.45) is 0 Å². The summed E-state index contributed by atoms with van der Waals surface area (Å²) in [4.78, 5) is 10.9. The molecule has 0 heterocycles. The standard InChI is InChI=1S/C20H31NO2S/c1-2-3-4-5-6-7-8-9-10-14-17-24-18-20(21(22)23)19-15-12-11-13-16-19/h11-13,15-16,18H,2-10,14,17H2,1H3. The molecule has 134 valence electrons. The number of thioether (sulfide) groups is 1. The van der Waals surface area contributed by atoms with Crippen molar-refractivity contribution in [3.05, 3.63) is 51.4 Å². The van der Waals surface area contributed by atoms with Crippen LogP contribution in [0.25, 0.3) is 5.70 Å². The van der Waals surface area contributed by atoms with Gasteiger partial charge in [-0.1, -0.05) is 82.9 Å². The molecule has 24 heavy (non-hydrogen) atoms. The number of rotatable bonds is 14. The van der Waals surface area contributed by atoms with Gasteiger partial charge in [-0.25, -0.2) is 0 Å². The Hall–Kier alpha value is -1.29. The van der Waals surface area contributed by atoms with Crippen molar-refractivity contribution in [3.63, 3.8) is 0 Å². The van der Waals surface area contributed by atoms with Crippen molar-refractivity contribution in [3.8, 4) is 0 Å². The van der Waals surface area contributed by atoms with E-state index in [1.807, 2.05) is 18.2 Å². The Morgan fingerprint density at radius 3 is 2.04 bits per heavy atom. The molecule has 1 rings (SSSR count). The monoisotopic (exact) mass is 349 g/mol. The van der Waals surface area contributed by atoms with E-state index >= 15 is 0 Å². The largest absolute Gasteiger partial charge is 0.282 e. The third kappa shape index (κ3) is 9.76. The molecule has 0 radical (unpaired) electrons. The topological polar surface area (TPSA) is 43.1 Å². The van der Waals surface area contributed by atoms with E-state index in [0.29, 0.717) is 5.56 Å². The van der Waals surface area contributed by atoms with Crippen LogP contribution >= 0.6 is 11.8 Å². The zero-order valence-corrected chi connectivity index (χ0v) is 15.7. The Labute approximate surface area is 151 Å². The van der Waals surface area contributed by atoms with Crippen LogP contribution < -0.4 is 0 Å². The maximum atomic E-state index is 11.2. The minimum Gasteiger partial charge on any atom is -0.258 e. The van der Waals surface area contributed by atoms with E-state index in [0.717, 1.165) is 12.2 Å². The van der Waals surface area contributed by atoms with E-state index in [9.17, 15) is 10.1 Å². The Morgan fingerprint density at radius 2 is 1.50 bits per heavy atom. The summed E-state index contributed by atoms with van der Waals surface area (Å²) in [7, 11) is 0. The first-order valence-corrected chi connectivity index (χ1v) is 10.3. The molecular formula is C20H31NO2S. The fourth-order valence-electron chi connectivity index (χ4n) is 2.64. The van der Waals surface area contributed by atoms with Crippen LogP contribution in [0.5, 0.6) is 0 Å². The maximum absolute atomic E-state index is 11.2. The third-order valence-corrected chi connectivity index (χ3v) is 4.99. The van der Waals surface area contributed by atoms with Crippen LogP contribution in [-0.2, 0) is 0 Å². The van der Waals surface area contributed by atoms with Crippen LogP contribution in [0.2, 0.25) is 0 Å². The normalized spacial score (nSPS) is 11.6. The molecule has 0 aromatic heterocycles. The van der Waals surface area contributed by atoms with E-state index in [1.54, 1.807) is 29.3 Å². The first kappa shape index (κ1) is 20.8. The van der Waals surface area contributed by atoms with Gasteiger partial charge in [0.2, 0.25) is 0 Å². The fourth-order valence-corrected chi connectivity index (χ4v) is 3.50. The van der Waals surface area contributed by atoms with E-state index in [4.69, 9.17) is 0 Å². The summed E-state index contributed by atoms with van der Waals surface area (Å²) >= 11 is 1.56. The van der Waals surface area contributed by atoms with Crippen LogP contribution in [0.1, 0.15) is 76.7 Å². The van der Waals surface area contributed by atoms with Gasteiger partial charge in [-0.3, -0.25) is 10.1 Å². The lowest BCUT2D eigenvalue weighted by atomic mass is 10.1. The highest BCUT2D eigenvalue weighted by atomic mass is 32.2. The van der Waals surface area contributed by atoms with Gasteiger partial charge in [-0.05, 0) is 24.3 Å². The summed E-state index contributed by atoms with van der Waals surface area (Å²) in [5.41, 5.74) is 0.880. The predicted molar refractivity (Wildman–Crippen MR) is 106 cm³/mol. The van der Waals surface area contributed by atoms with E-state index in [1.165, 1.54) is 57.8 Å². The summed E-state index contributed by atoms with van der Waals surface area (Å²) in [5, 5.41) is 12.9. The molecule has 0 unspecified atom stereocenters. The molecule has 0 N–H and O–H groups in total. The minimum atomic E-state index is -0.291. The molecular weight excluding hydrogens is 318 g/mol. The molecule has 3 nitrogen and oxygen atoms in total. The summed E-state index contributed by atoms with van der Waals surface area (Å²) in [6.45, 7) is 2.25. The maximum Gasteiger partial charge on any atom is 0.282 e. The Bertz CT molecular complexity index is 474.